The maximum Gasteiger partial charge on any atom is 0.339 e. The molecule has 0 bridgehead atoms. The summed E-state index contributed by atoms with van der Waals surface area (Å²) in [5, 5.41) is 20.8. The van der Waals surface area contributed by atoms with Crippen LogP contribution in [0.5, 0.6) is 0 Å². The SMILES string of the molecule is O=C(O)c1cc(Br)cnc1NCCCc1nncs1. The van der Waals surface area contributed by atoms with Gasteiger partial charge in [0, 0.05) is 23.6 Å². The monoisotopic (exact) mass is 342 g/mol. The maximum absolute atomic E-state index is 11.1. The molecule has 2 aromatic rings. The highest BCUT2D eigenvalue weighted by molar-refractivity contribution is 9.10. The van der Waals surface area contributed by atoms with Gasteiger partial charge in [-0.25, -0.2) is 9.78 Å². The van der Waals surface area contributed by atoms with Crippen LogP contribution in [0.1, 0.15) is 21.8 Å². The summed E-state index contributed by atoms with van der Waals surface area (Å²) < 4.78 is 0.643. The first kappa shape index (κ1) is 13.9. The van der Waals surface area contributed by atoms with Crippen LogP contribution in [-0.4, -0.2) is 32.8 Å². The number of hydrogen-bond acceptors (Lipinski definition) is 6. The highest BCUT2D eigenvalue weighted by Gasteiger charge is 2.11. The third-order valence-corrected chi connectivity index (χ3v) is 3.54. The van der Waals surface area contributed by atoms with E-state index in [-0.39, 0.29) is 5.56 Å². The van der Waals surface area contributed by atoms with E-state index in [0.29, 0.717) is 16.8 Å². The topological polar surface area (TPSA) is 88.0 Å². The van der Waals surface area contributed by atoms with Gasteiger partial charge in [-0.15, -0.1) is 21.5 Å². The fourth-order valence-corrected chi connectivity index (χ4v) is 2.40. The fraction of sp³-hybridized carbons (Fsp3) is 0.273. The third-order valence-electron chi connectivity index (χ3n) is 2.35. The van der Waals surface area contributed by atoms with Crippen molar-refractivity contribution in [3.63, 3.8) is 0 Å². The van der Waals surface area contributed by atoms with Crippen molar-refractivity contribution in [3.05, 3.63) is 32.8 Å². The molecule has 0 fully saturated rings. The molecule has 0 amide bonds. The first-order valence-electron chi connectivity index (χ1n) is 5.54. The molecule has 0 aliphatic carbocycles. The number of carbonyl (C=O) groups is 1. The Bertz CT molecular complexity index is 562. The predicted octanol–water partition coefficient (Wildman–Crippen LogP) is 2.44. The summed E-state index contributed by atoms with van der Waals surface area (Å²) in [5.41, 5.74) is 1.85. The van der Waals surface area contributed by atoms with E-state index >= 15 is 0 Å². The molecule has 0 saturated heterocycles. The summed E-state index contributed by atoms with van der Waals surface area (Å²) in [6.45, 7) is 0.633. The van der Waals surface area contributed by atoms with Gasteiger partial charge in [-0.3, -0.25) is 0 Å². The molecule has 100 valence electrons. The molecule has 0 unspecified atom stereocenters. The maximum atomic E-state index is 11.1. The van der Waals surface area contributed by atoms with Gasteiger partial charge in [0.2, 0.25) is 0 Å². The third kappa shape index (κ3) is 3.97. The molecule has 8 heteroatoms. The normalized spacial score (nSPS) is 10.4. The van der Waals surface area contributed by atoms with Gasteiger partial charge < -0.3 is 10.4 Å². The predicted molar refractivity (Wildman–Crippen MR) is 75.6 cm³/mol. The Morgan fingerprint density at radius 3 is 3.05 bits per heavy atom. The Labute approximate surface area is 122 Å². The van der Waals surface area contributed by atoms with Crippen LogP contribution in [0, 0.1) is 0 Å². The lowest BCUT2D eigenvalue weighted by atomic mass is 10.2. The minimum atomic E-state index is -1.000. The second kappa shape index (κ2) is 6.58. The van der Waals surface area contributed by atoms with Gasteiger partial charge in [-0.1, -0.05) is 0 Å². The molecule has 0 atom stereocenters. The number of aromatic nitrogens is 3. The average molecular weight is 343 g/mol. The molecule has 19 heavy (non-hydrogen) atoms. The van der Waals surface area contributed by atoms with Crippen LogP contribution < -0.4 is 5.32 Å². The highest BCUT2D eigenvalue weighted by Crippen LogP contribution is 2.18. The van der Waals surface area contributed by atoms with Crippen LogP contribution in [0.25, 0.3) is 0 Å². The van der Waals surface area contributed by atoms with Crippen LogP contribution in [0.3, 0.4) is 0 Å². The average Bonchev–Trinajstić information content (AvgIpc) is 2.89. The van der Waals surface area contributed by atoms with Gasteiger partial charge in [0.15, 0.2) is 0 Å². The molecule has 2 rings (SSSR count). The van der Waals surface area contributed by atoms with E-state index in [2.05, 4.69) is 36.4 Å². The van der Waals surface area contributed by atoms with E-state index in [0.717, 1.165) is 17.8 Å². The van der Waals surface area contributed by atoms with Crippen molar-refractivity contribution in [2.24, 2.45) is 0 Å². The van der Waals surface area contributed by atoms with E-state index in [4.69, 9.17) is 5.11 Å². The molecular formula is C11H11BrN4O2S. The van der Waals surface area contributed by atoms with Crippen LogP contribution in [-0.2, 0) is 6.42 Å². The standard InChI is InChI=1S/C11H11BrN4O2S/c12-7-4-8(11(17)18)10(14-5-7)13-3-1-2-9-16-15-6-19-9/h4-6H,1-3H2,(H,13,14)(H,17,18). The lowest BCUT2D eigenvalue weighted by molar-refractivity contribution is 0.0697. The molecule has 0 aromatic carbocycles. The summed E-state index contributed by atoms with van der Waals surface area (Å²) in [6, 6.07) is 1.53. The Morgan fingerprint density at radius 2 is 2.37 bits per heavy atom. The lowest BCUT2D eigenvalue weighted by Gasteiger charge is -2.08. The fourth-order valence-electron chi connectivity index (χ4n) is 1.49. The van der Waals surface area contributed by atoms with Crippen LogP contribution in [0.15, 0.2) is 22.2 Å². The van der Waals surface area contributed by atoms with Gasteiger partial charge in [0.1, 0.15) is 21.9 Å². The van der Waals surface area contributed by atoms with E-state index in [1.54, 1.807) is 11.7 Å². The van der Waals surface area contributed by atoms with E-state index in [9.17, 15) is 4.79 Å². The number of carboxylic acids is 1. The number of halogens is 1. The van der Waals surface area contributed by atoms with Crippen molar-refractivity contribution >= 4 is 39.1 Å². The van der Waals surface area contributed by atoms with Crippen LogP contribution in [0.4, 0.5) is 5.82 Å². The zero-order valence-electron chi connectivity index (χ0n) is 9.84. The summed E-state index contributed by atoms with van der Waals surface area (Å²) in [6.07, 6.45) is 3.22. The van der Waals surface area contributed by atoms with Gasteiger partial charge in [-0.05, 0) is 28.4 Å². The highest BCUT2D eigenvalue weighted by atomic mass is 79.9. The number of pyridine rings is 1. The molecular weight excluding hydrogens is 332 g/mol. The number of anilines is 1. The Balaban J connectivity index is 1.90. The first-order valence-corrected chi connectivity index (χ1v) is 7.22. The summed E-state index contributed by atoms with van der Waals surface area (Å²) in [4.78, 5) is 15.1. The van der Waals surface area contributed by atoms with Crippen molar-refractivity contribution in [3.8, 4) is 0 Å². The number of rotatable bonds is 6. The number of hydrogen-bond donors (Lipinski definition) is 2. The Kier molecular flexibility index (Phi) is 4.80. The zero-order valence-corrected chi connectivity index (χ0v) is 12.2. The Morgan fingerprint density at radius 1 is 1.53 bits per heavy atom. The smallest absolute Gasteiger partial charge is 0.339 e. The van der Waals surface area contributed by atoms with Gasteiger partial charge in [0.05, 0.1) is 0 Å². The van der Waals surface area contributed by atoms with Crippen molar-refractivity contribution < 1.29 is 9.90 Å². The molecule has 2 heterocycles. The van der Waals surface area contributed by atoms with Crippen molar-refractivity contribution in [1.82, 2.24) is 15.2 Å². The zero-order chi connectivity index (χ0) is 13.7. The quantitative estimate of drug-likeness (QED) is 0.784. The van der Waals surface area contributed by atoms with E-state index < -0.39 is 5.97 Å². The Hall–Kier alpha value is -1.54. The van der Waals surface area contributed by atoms with Gasteiger partial charge in [-0.2, -0.15) is 0 Å². The summed E-state index contributed by atoms with van der Waals surface area (Å²) >= 11 is 4.72. The van der Waals surface area contributed by atoms with Crippen molar-refractivity contribution in [2.75, 3.05) is 11.9 Å². The van der Waals surface area contributed by atoms with Gasteiger partial charge in [0.25, 0.3) is 0 Å². The van der Waals surface area contributed by atoms with Crippen LogP contribution >= 0.6 is 27.3 Å². The summed E-state index contributed by atoms with van der Waals surface area (Å²) in [5.74, 6) is -0.617. The minimum absolute atomic E-state index is 0.158. The molecule has 2 N–H and O–H groups in total. The minimum Gasteiger partial charge on any atom is -0.478 e. The van der Waals surface area contributed by atoms with Gasteiger partial charge >= 0.3 is 5.97 Å². The number of aromatic carboxylic acids is 1. The molecule has 0 aliphatic rings. The van der Waals surface area contributed by atoms with Crippen molar-refractivity contribution in [1.29, 1.82) is 0 Å². The second-order valence-corrected chi connectivity index (χ2v) is 5.55. The first-order chi connectivity index (χ1) is 9.16. The summed E-state index contributed by atoms with van der Waals surface area (Å²) in [7, 11) is 0. The van der Waals surface area contributed by atoms with E-state index in [1.165, 1.54) is 17.4 Å². The number of nitrogens with zero attached hydrogens (tertiary/aromatic N) is 3. The van der Waals surface area contributed by atoms with Crippen LogP contribution in [0.2, 0.25) is 0 Å². The molecule has 0 radical (unpaired) electrons. The largest absolute Gasteiger partial charge is 0.478 e. The molecule has 2 aromatic heterocycles. The van der Waals surface area contributed by atoms with Crippen molar-refractivity contribution in [2.45, 2.75) is 12.8 Å². The number of carboxylic acid groups (broad SMARTS) is 1. The van der Waals surface area contributed by atoms with E-state index in [1.807, 2.05) is 0 Å². The molecule has 0 saturated carbocycles. The second-order valence-electron chi connectivity index (χ2n) is 3.72. The lowest BCUT2D eigenvalue weighted by Crippen LogP contribution is -2.10. The number of nitrogens with one attached hydrogen (secondary N) is 1. The number of aryl methyl sites for hydroxylation is 1. The molecule has 0 aliphatic heterocycles. The molecule has 0 spiro atoms. The molecule has 6 nitrogen and oxygen atoms in total.